The lowest BCUT2D eigenvalue weighted by atomic mass is 10.0. The summed E-state index contributed by atoms with van der Waals surface area (Å²) in [6, 6.07) is 12.9. The van der Waals surface area contributed by atoms with E-state index in [1.54, 1.807) is 31.5 Å². The van der Waals surface area contributed by atoms with E-state index in [-0.39, 0.29) is 17.7 Å². The number of piperidine rings is 1. The zero-order valence-corrected chi connectivity index (χ0v) is 23.2. The first-order valence-corrected chi connectivity index (χ1v) is 13.9. The molecule has 6 rings (SSSR count). The largest absolute Gasteiger partial charge is 0.483 e. The number of halogens is 2. The molecule has 0 bridgehead atoms. The van der Waals surface area contributed by atoms with Crippen molar-refractivity contribution >= 4 is 17.5 Å². The Morgan fingerprint density at radius 2 is 1.95 bits per heavy atom. The lowest BCUT2D eigenvalue weighted by molar-refractivity contribution is -0.109. The second kappa shape index (κ2) is 12.0. The van der Waals surface area contributed by atoms with Gasteiger partial charge in [-0.2, -0.15) is 10.2 Å². The molecule has 3 aliphatic rings. The van der Waals surface area contributed by atoms with Gasteiger partial charge in [0.25, 0.3) is 5.92 Å². The van der Waals surface area contributed by atoms with Gasteiger partial charge >= 0.3 is 0 Å². The predicted molar refractivity (Wildman–Crippen MR) is 151 cm³/mol. The second-order valence-electron chi connectivity index (χ2n) is 10.5. The van der Waals surface area contributed by atoms with Crippen molar-refractivity contribution in [3.63, 3.8) is 0 Å². The number of aromatic nitrogens is 3. The highest BCUT2D eigenvalue weighted by atomic mass is 19.3. The number of rotatable bonds is 8. The quantitative estimate of drug-likeness (QED) is 0.410. The van der Waals surface area contributed by atoms with Crippen molar-refractivity contribution in [3.05, 3.63) is 48.2 Å². The molecule has 0 amide bonds. The van der Waals surface area contributed by atoms with Crippen LogP contribution < -0.4 is 25.0 Å². The summed E-state index contributed by atoms with van der Waals surface area (Å²) in [4.78, 5) is 18.3. The monoisotopic (exact) mass is 578 g/mol. The Kier molecular flexibility index (Phi) is 8.01. The smallest absolute Gasteiger partial charge is 0.296 e. The molecule has 1 unspecified atom stereocenters. The van der Waals surface area contributed by atoms with Gasteiger partial charge in [-0.15, -0.1) is 0 Å². The van der Waals surface area contributed by atoms with E-state index >= 15 is 0 Å². The minimum Gasteiger partial charge on any atom is -0.483 e. The molecule has 5 heterocycles. The van der Waals surface area contributed by atoms with Gasteiger partial charge in [-0.3, -0.25) is 4.90 Å². The third-order valence-electron chi connectivity index (χ3n) is 7.80. The van der Waals surface area contributed by atoms with Crippen LogP contribution in [0.3, 0.4) is 0 Å². The third kappa shape index (κ3) is 5.92. The minimum atomic E-state index is -3.02. The van der Waals surface area contributed by atoms with Crippen LogP contribution in [-0.4, -0.2) is 97.5 Å². The number of anilines is 3. The van der Waals surface area contributed by atoms with Gasteiger partial charge < -0.3 is 29.7 Å². The third-order valence-corrected chi connectivity index (χ3v) is 7.80. The highest BCUT2D eigenvalue weighted by Crippen LogP contribution is 2.33. The average molecular weight is 579 g/mol. The molecule has 3 fully saturated rings. The number of hydrogen-bond acceptors (Lipinski definition) is 11. The van der Waals surface area contributed by atoms with Gasteiger partial charge in [0.05, 0.1) is 44.2 Å². The normalized spacial score (nSPS) is 20.8. The Balaban J connectivity index is 1.15. The van der Waals surface area contributed by atoms with Crippen LogP contribution in [0.25, 0.3) is 11.3 Å². The van der Waals surface area contributed by atoms with Crippen molar-refractivity contribution in [2.45, 2.75) is 24.5 Å². The summed E-state index contributed by atoms with van der Waals surface area (Å²) in [5.41, 5.74) is 2.24. The highest BCUT2D eigenvalue weighted by Gasteiger charge is 2.43. The summed E-state index contributed by atoms with van der Waals surface area (Å²) in [5.74, 6) is -1.58. The molecule has 2 N–H and O–H groups in total. The number of nitrogens with one attached hydrogen (secondary N) is 2. The van der Waals surface area contributed by atoms with Crippen LogP contribution in [0.1, 0.15) is 12.0 Å². The van der Waals surface area contributed by atoms with Gasteiger partial charge in [0, 0.05) is 44.4 Å². The molecule has 3 saturated heterocycles. The van der Waals surface area contributed by atoms with E-state index < -0.39 is 18.6 Å². The van der Waals surface area contributed by atoms with E-state index in [1.165, 1.54) is 6.07 Å². The standard InChI is InChI=1S/C29H32F2N8O3/c1-40-27-23(39-12-10-38(11-13-39)21-16-41-17-21)3-5-26(36-27)37-28-34-9-6-22(35-28)19-2-4-24(20(14-19)15-32)42-25-7-8-33-18-29(25,30)31/h2-6,9,14,21,25,33H,7-8,10-13,16-18H2,1H3,(H,34,35,36,37). The number of piperazine rings is 1. The lowest BCUT2D eigenvalue weighted by Gasteiger charge is -2.43. The molecule has 0 radical (unpaired) electrons. The molecule has 220 valence electrons. The van der Waals surface area contributed by atoms with E-state index in [0.717, 1.165) is 45.1 Å². The summed E-state index contributed by atoms with van der Waals surface area (Å²) in [5, 5.41) is 15.5. The molecule has 0 aliphatic carbocycles. The fourth-order valence-electron chi connectivity index (χ4n) is 5.34. The maximum absolute atomic E-state index is 14.3. The van der Waals surface area contributed by atoms with Crippen LogP contribution in [0.15, 0.2) is 42.6 Å². The Bertz CT molecular complexity index is 1460. The molecule has 1 aromatic carbocycles. The van der Waals surface area contributed by atoms with Crippen molar-refractivity contribution in [3.8, 4) is 29.0 Å². The number of benzene rings is 1. The molecule has 0 saturated carbocycles. The SMILES string of the molecule is COc1nc(Nc2nccc(-c3ccc(OC4CCNCC4(F)F)c(C#N)c3)n2)ccc1N1CCN(C2COC2)CC1. The number of pyridine rings is 1. The molecular formula is C29H32F2N8O3. The molecule has 0 spiro atoms. The molecule has 13 heteroatoms. The summed E-state index contributed by atoms with van der Waals surface area (Å²) < 4.78 is 45.1. The Hall–Kier alpha value is -4.12. The molecule has 1 atom stereocenters. The van der Waals surface area contributed by atoms with Gasteiger partial charge in [0.15, 0.2) is 6.10 Å². The van der Waals surface area contributed by atoms with Gasteiger partial charge in [-0.25, -0.2) is 18.7 Å². The molecular weight excluding hydrogens is 546 g/mol. The second-order valence-corrected chi connectivity index (χ2v) is 10.5. The van der Waals surface area contributed by atoms with E-state index in [4.69, 9.17) is 14.2 Å². The van der Waals surface area contributed by atoms with Crippen LogP contribution >= 0.6 is 0 Å². The number of alkyl halides is 2. The number of methoxy groups -OCH3 is 1. The number of nitrogens with zero attached hydrogens (tertiary/aromatic N) is 6. The number of nitriles is 1. The van der Waals surface area contributed by atoms with Crippen LogP contribution in [0, 0.1) is 11.3 Å². The van der Waals surface area contributed by atoms with E-state index in [1.807, 2.05) is 12.1 Å². The van der Waals surface area contributed by atoms with Gasteiger partial charge in [-0.05, 0) is 42.9 Å². The van der Waals surface area contributed by atoms with E-state index in [9.17, 15) is 14.0 Å². The topological polar surface area (TPSA) is 121 Å². The first-order chi connectivity index (χ1) is 20.4. The first kappa shape index (κ1) is 28.0. The Labute approximate surface area is 242 Å². The maximum atomic E-state index is 14.3. The fraction of sp³-hybridized carbons (Fsp3) is 0.448. The number of hydrogen-bond donors (Lipinski definition) is 2. The molecule has 2 aromatic heterocycles. The average Bonchev–Trinajstić information content (AvgIpc) is 2.98. The van der Waals surface area contributed by atoms with E-state index in [2.05, 4.69) is 41.5 Å². The van der Waals surface area contributed by atoms with Crippen molar-refractivity contribution in [1.82, 2.24) is 25.2 Å². The van der Waals surface area contributed by atoms with Crippen LogP contribution in [-0.2, 0) is 4.74 Å². The Morgan fingerprint density at radius 1 is 1.12 bits per heavy atom. The van der Waals surface area contributed by atoms with Gasteiger partial charge in [0.1, 0.15) is 23.3 Å². The predicted octanol–water partition coefficient (Wildman–Crippen LogP) is 3.06. The van der Waals surface area contributed by atoms with Crippen LogP contribution in [0.2, 0.25) is 0 Å². The summed E-state index contributed by atoms with van der Waals surface area (Å²) in [6.45, 7) is 5.27. The molecule has 3 aromatic rings. The minimum absolute atomic E-state index is 0.120. The molecule has 11 nitrogen and oxygen atoms in total. The first-order valence-electron chi connectivity index (χ1n) is 13.9. The Morgan fingerprint density at radius 3 is 2.67 bits per heavy atom. The lowest BCUT2D eigenvalue weighted by Crippen LogP contribution is -2.56. The summed E-state index contributed by atoms with van der Waals surface area (Å²) >= 11 is 0. The maximum Gasteiger partial charge on any atom is 0.296 e. The summed E-state index contributed by atoms with van der Waals surface area (Å²) in [7, 11) is 1.60. The van der Waals surface area contributed by atoms with Crippen molar-refractivity contribution < 1.29 is 23.0 Å². The van der Waals surface area contributed by atoms with Crippen molar-refractivity contribution in [1.29, 1.82) is 5.26 Å². The van der Waals surface area contributed by atoms with Gasteiger partial charge in [-0.1, -0.05) is 0 Å². The highest BCUT2D eigenvalue weighted by molar-refractivity contribution is 5.66. The van der Waals surface area contributed by atoms with Crippen LogP contribution in [0.5, 0.6) is 11.6 Å². The molecule has 3 aliphatic heterocycles. The fourth-order valence-corrected chi connectivity index (χ4v) is 5.34. The van der Waals surface area contributed by atoms with Crippen LogP contribution in [0.4, 0.5) is 26.2 Å². The van der Waals surface area contributed by atoms with Crippen molar-refractivity contribution in [2.24, 2.45) is 0 Å². The summed E-state index contributed by atoms with van der Waals surface area (Å²) in [6.07, 6.45) is 0.441. The van der Waals surface area contributed by atoms with Crippen molar-refractivity contribution in [2.75, 3.05) is 69.8 Å². The molecule has 42 heavy (non-hydrogen) atoms. The number of ether oxygens (including phenoxy) is 3. The zero-order chi connectivity index (χ0) is 29.1. The van der Waals surface area contributed by atoms with Gasteiger partial charge in [0.2, 0.25) is 11.8 Å². The van der Waals surface area contributed by atoms with E-state index in [0.29, 0.717) is 41.5 Å². The zero-order valence-electron chi connectivity index (χ0n) is 23.2.